The predicted molar refractivity (Wildman–Crippen MR) is 73.9 cm³/mol. The number of benzene rings is 1. The van der Waals surface area contributed by atoms with Crippen LogP contribution in [0.2, 0.25) is 0 Å². The summed E-state index contributed by atoms with van der Waals surface area (Å²) in [5, 5.41) is 3.24. The zero-order chi connectivity index (χ0) is 15.5. The van der Waals surface area contributed by atoms with E-state index in [0.717, 1.165) is 11.8 Å². The summed E-state index contributed by atoms with van der Waals surface area (Å²) < 4.78 is 38.4. The maximum absolute atomic E-state index is 12.8. The molecule has 0 unspecified atom stereocenters. The van der Waals surface area contributed by atoms with Gasteiger partial charge in [0.1, 0.15) is 5.03 Å². The molecule has 1 aromatic carbocycles. The Morgan fingerprint density at radius 3 is 2.67 bits per heavy atom. The van der Waals surface area contributed by atoms with Crippen LogP contribution in [0.3, 0.4) is 0 Å². The van der Waals surface area contributed by atoms with Crippen LogP contribution < -0.4 is 5.32 Å². The first-order valence-corrected chi connectivity index (χ1v) is 7.14. The van der Waals surface area contributed by atoms with Crippen molar-refractivity contribution in [2.75, 3.05) is 12.3 Å². The number of nitrogens with one attached hydrogen (secondary N) is 1. The molecule has 2 aromatic rings. The third-order valence-electron chi connectivity index (χ3n) is 2.54. The van der Waals surface area contributed by atoms with Gasteiger partial charge < -0.3 is 5.32 Å². The van der Waals surface area contributed by atoms with E-state index >= 15 is 0 Å². The number of nitrogens with zero attached hydrogens (tertiary/aromatic N) is 2. The summed E-state index contributed by atoms with van der Waals surface area (Å²) in [6.07, 6.45) is -4.62. The highest BCUT2D eigenvalue weighted by Gasteiger charge is 2.35. The predicted octanol–water partition coefficient (Wildman–Crippen LogP) is 2.88. The van der Waals surface area contributed by atoms with Gasteiger partial charge in [0.25, 0.3) is 0 Å². The number of alkyl halides is 3. The van der Waals surface area contributed by atoms with E-state index in [-0.39, 0.29) is 22.2 Å². The molecule has 1 N–H and O–H groups in total. The van der Waals surface area contributed by atoms with Crippen LogP contribution in [0.15, 0.2) is 29.3 Å². The van der Waals surface area contributed by atoms with Crippen molar-refractivity contribution in [2.45, 2.75) is 18.1 Å². The van der Waals surface area contributed by atoms with E-state index in [1.54, 1.807) is 25.1 Å². The number of fused-ring (bicyclic) bond motifs is 1. The molecule has 4 nitrogen and oxygen atoms in total. The second-order valence-corrected chi connectivity index (χ2v) is 5.07. The average Bonchev–Trinajstić information content (AvgIpc) is 2.44. The molecule has 0 aliphatic rings. The van der Waals surface area contributed by atoms with Gasteiger partial charge in [0.05, 0.1) is 11.3 Å². The quantitative estimate of drug-likeness (QED) is 0.696. The Kier molecular flexibility index (Phi) is 4.66. The molecule has 0 bridgehead atoms. The smallest absolute Gasteiger partial charge is 0.356 e. The van der Waals surface area contributed by atoms with Gasteiger partial charge in [-0.05, 0) is 13.0 Å². The van der Waals surface area contributed by atoms with Crippen LogP contribution in [-0.2, 0) is 11.0 Å². The van der Waals surface area contributed by atoms with E-state index in [2.05, 4.69) is 15.3 Å². The molecule has 112 valence electrons. The minimum absolute atomic E-state index is 0.00610. The number of hydrogen-bond acceptors (Lipinski definition) is 4. The summed E-state index contributed by atoms with van der Waals surface area (Å²) in [7, 11) is 0. The topological polar surface area (TPSA) is 54.9 Å². The third-order valence-corrected chi connectivity index (χ3v) is 3.53. The normalized spacial score (nSPS) is 11.6. The van der Waals surface area contributed by atoms with Crippen LogP contribution in [0.4, 0.5) is 13.2 Å². The zero-order valence-corrected chi connectivity index (χ0v) is 11.9. The molecule has 1 heterocycles. The fourth-order valence-electron chi connectivity index (χ4n) is 1.67. The van der Waals surface area contributed by atoms with Crippen LogP contribution >= 0.6 is 11.8 Å². The molecule has 0 aliphatic heterocycles. The summed E-state index contributed by atoms with van der Waals surface area (Å²) >= 11 is 0.965. The van der Waals surface area contributed by atoms with E-state index in [1.807, 2.05) is 0 Å². The van der Waals surface area contributed by atoms with Gasteiger partial charge in [-0.3, -0.25) is 4.79 Å². The number of para-hydroxylation sites is 1. The molecule has 2 rings (SSSR count). The minimum atomic E-state index is -4.62. The fraction of sp³-hybridized carbons (Fsp3) is 0.308. The third kappa shape index (κ3) is 3.84. The van der Waals surface area contributed by atoms with Gasteiger partial charge in [0.15, 0.2) is 0 Å². The van der Waals surface area contributed by atoms with Gasteiger partial charge >= 0.3 is 6.18 Å². The molecule has 0 fully saturated rings. The Hall–Kier alpha value is -1.83. The van der Waals surface area contributed by atoms with Crippen molar-refractivity contribution >= 4 is 28.6 Å². The lowest BCUT2D eigenvalue weighted by atomic mass is 10.2. The van der Waals surface area contributed by atoms with E-state index in [9.17, 15) is 18.0 Å². The molecule has 8 heteroatoms. The first kappa shape index (κ1) is 15.6. The number of carbonyl (C=O) groups excluding carboxylic acids is 1. The standard InChI is InChI=1S/C13H12F3N3OS/c1-2-17-10(20)7-21-11-8-5-3-4-6-9(8)18-12(19-11)13(14,15)16/h3-6H,2,7H2,1H3,(H,17,20). The van der Waals surface area contributed by atoms with Crippen LogP contribution in [0.25, 0.3) is 10.9 Å². The van der Waals surface area contributed by atoms with Crippen LogP contribution in [0.5, 0.6) is 0 Å². The van der Waals surface area contributed by atoms with Crippen LogP contribution in [0, 0.1) is 0 Å². The number of carbonyl (C=O) groups is 1. The summed E-state index contributed by atoms with van der Waals surface area (Å²) in [6, 6.07) is 6.42. The molecular weight excluding hydrogens is 303 g/mol. The molecule has 0 saturated carbocycles. The largest absolute Gasteiger partial charge is 0.451 e. The highest BCUT2D eigenvalue weighted by molar-refractivity contribution is 8.00. The monoisotopic (exact) mass is 315 g/mol. The van der Waals surface area contributed by atoms with Gasteiger partial charge in [-0.1, -0.05) is 30.0 Å². The highest BCUT2D eigenvalue weighted by atomic mass is 32.2. The molecule has 0 spiro atoms. The molecule has 0 radical (unpaired) electrons. The Morgan fingerprint density at radius 2 is 2.00 bits per heavy atom. The number of rotatable bonds is 4. The summed E-state index contributed by atoms with van der Waals surface area (Å²) in [5.41, 5.74) is 0.207. The maximum Gasteiger partial charge on any atom is 0.451 e. The van der Waals surface area contributed by atoms with E-state index in [0.29, 0.717) is 11.9 Å². The minimum Gasteiger partial charge on any atom is -0.356 e. The number of amides is 1. The van der Waals surface area contributed by atoms with Gasteiger partial charge in [-0.25, -0.2) is 9.97 Å². The second kappa shape index (κ2) is 6.30. The van der Waals surface area contributed by atoms with E-state index < -0.39 is 12.0 Å². The second-order valence-electron chi connectivity index (χ2n) is 4.11. The lowest BCUT2D eigenvalue weighted by Gasteiger charge is -2.10. The van der Waals surface area contributed by atoms with Crippen molar-refractivity contribution in [1.29, 1.82) is 0 Å². The number of hydrogen-bond donors (Lipinski definition) is 1. The zero-order valence-electron chi connectivity index (χ0n) is 11.1. The van der Waals surface area contributed by atoms with Crippen molar-refractivity contribution in [1.82, 2.24) is 15.3 Å². The molecule has 0 aliphatic carbocycles. The first-order chi connectivity index (χ1) is 9.91. The van der Waals surface area contributed by atoms with Gasteiger partial charge in [-0.2, -0.15) is 13.2 Å². The number of thioether (sulfide) groups is 1. The Labute approximate surface area is 123 Å². The molecule has 1 aromatic heterocycles. The molecule has 1 amide bonds. The molecule has 0 atom stereocenters. The van der Waals surface area contributed by atoms with Gasteiger partial charge in [0.2, 0.25) is 11.7 Å². The van der Waals surface area contributed by atoms with E-state index in [4.69, 9.17) is 0 Å². The Bertz CT molecular complexity index is 661. The van der Waals surface area contributed by atoms with Crippen molar-refractivity contribution in [3.63, 3.8) is 0 Å². The summed E-state index contributed by atoms with van der Waals surface area (Å²) in [4.78, 5) is 18.5. The van der Waals surface area contributed by atoms with Crippen molar-refractivity contribution < 1.29 is 18.0 Å². The lowest BCUT2D eigenvalue weighted by molar-refractivity contribution is -0.145. The number of halogens is 3. The lowest BCUT2D eigenvalue weighted by Crippen LogP contribution is -2.24. The van der Waals surface area contributed by atoms with Crippen molar-refractivity contribution in [3.05, 3.63) is 30.1 Å². The average molecular weight is 315 g/mol. The first-order valence-electron chi connectivity index (χ1n) is 6.15. The Balaban J connectivity index is 2.38. The van der Waals surface area contributed by atoms with Crippen molar-refractivity contribution in [2.24, 2.45) is 0 Å². The van der Waals surface area contributed by atoms with Crippen LogP contribution in [-0.4, -0.2) is 28.2 Å². The van der Waals surface area contributed by atoms with Gasteiger partial charge in [0, 0.05) is 11.9 Å². The maximum atomic E-state index is 12.8. The molecular formula is C13H12F3N3OS. The Morgan fingerprint density at radius 1 is 1.29 bits per heavy atom. The highest BCUT2D eigenvalue weighted by Crippen LogP contribution is 2.31. The molecule has 21 heavy (non-hydrogen) atoms. The van der Waals surface area contributed by atoms with Crippen molar-refractivity contribution in [3.8, 4) is 0 Å². The fourth-order valence-corrected chi connectivity index (χ4v) is 2.52. The van der Waals surface area contributed by atoms with Crippen LogP contribution in [0.1, 0.15) is 12.7 Å². The number of aromatic nitrogens is 2. The van der Waals surface area contributed by atoms with Gasteiger partial charge in [-0.15, -0.1) is 0 Å². The summed E-state index contributed by atoms with van der Waals surface area (Å²) in [5.74, 6) is -1.44. The van der Waals surface area contributed by atoms with E-state index in [1.165, 1.54) is 6.07 Å². The molecule has 0 saturated heterocycles. The SMILES string of the molecule is CCNC(=O)CSc1nc(C(F)(F)F)nc2ccccc12. The summed E-state index contributed by atoms with van der Waals surface area (Å²) in [6.45, 7) is 2.24.